The summed E-state index contributed by atoms with van der Waals surface area (Å²) in [6.45, 7) is 23.0. The van der Waals surface area contributed by atoms with Gasteiger partial charge in [0.15, 0.2) is 8.32 Å². The molecule has 2 fully saturated rings. The Morgan fingerprint density at radius 2 is 1.53 bits per heavy atom. The van der Waals surface area contributed by atoms with E-state index in [1.165, 1.54) is 0 Å². The van der Waals surface area contributed by atoms with Gasteiger partial charge >= 0.3 is 8.56 Å². The van der Waals surface area contributed by atoms with Gasteiger partial charge in [-0.1, -0.05) is 69.2 Å². The lowest BCUT2D eigenvalue weighted by Crippen LogP contribution is -2.68. The lowest BCUT2D eigenvalue weighted by atomic mass is 9.91. The first-order chi connectivity index (χ1) is 13.8. The van der Waals surface area contributed by atoms with Crippen LogP contribution in [0.2, 0.25) is 28.2 Å². The summed E-state index contributed by atoms with van der Waals surface area (Å²) in [5.74, 6) is 0.0300. The number of aliphatic hydroxyl groups excluding tert-OH is 1. The average Bonchev–Trinajstić information content (AvgIpc) is 2.68. The van der Waals surface area contributed by atoms with E-state index in [-0.39, 0.29) is 47.0 Å². The molecule has 0 aromatic carbocycles. The second-order valence-electron chi connectivity index (χ2n) is 11.5. The van der Waals surface area contributed by atoms with Crippen molar-refractivity contribution < 1.29 is 23.1 Å². The minimum atomic E-state index is -2.54. The first-order valence-electron chi connectivity index (χ1n) is 12.1. The van der Waals surface area contributed by atoms with Gasteiger partial charge in [0, 0.05) is 29.0 Å². The van der Waals surface area contributed by atoms with E-state index < -0.39 is 16.9 Å². The third-order valence-corrected chi connectivity index (χ3v) is 17.3. The highest BCUT2D eigenvalue weighted by atomic mass is 28.4. The number of rotatable bonds is 7. The molecule has 2 saturated heterocycles. The lowest BCUT2D eigenvalue weighted by molar-refractivity contribution is -0.210. The van der Waals surface area contributed by atoms with Crippen LogP contribution in [0.15, 0.2) is 0 Å². The first kappa shape index (κ1) is 26.5. The minimum absolute atomic E-state index is 0.00622. The maximum absolute atomic E-state index is 9.89. The first-order valence-corrected chi connectivity index (χ1v) is 16.4. The Morgan fingerprint density at radius 1 is 1.00 bits per heavy atom. The van der Waals surface area contributed by atoms with Crippen LogP contribution in [0.25, 0.3) is 0 Å². The van der Waals surface area contributed by atoms with E-state index in [2.05, 4.69) is 69.2 Å². The molecule has 5 atom stereocenters. The monoisotopic (exact) mass is 460 g/mol. The molecule has 2 rings (SSSR count). The van der Waals surface area contributed by atoms with Gasteiger partial charge in [-0.15, -0.1) is 0 Å². The Morgan fingerprint density at radius 3 is 1.97 bits per heavy atom. The Hall–Kier alpha value is 0.234. The number of aliphatic hydroxyl groups is 1. The molecule has 30 heavy (non-hydrogen) atoms. The van der Waals surface area contributed by atoms with Gasteiger partial charge in [0.25, 0.3) is 0 Å². The van der Waals surface area contributed by atoms with Gasteiger partial charge in [-0.25, -0.2) is 0 Å². The van der Waals surface area contributed by atoms with Crippen LogP contribution >= 0.6 is 0 Å². The van der Waals surface area contributed by atoms with Gasteiger partial charge < -0.3 is 23.1 Å². The number of ether oxygens (including phenoxy) is 1. The van der Waals surface area contributed by atoms with Gasteiger partial charge in [-0.05, 0) is 18.1 Å². The summed E-state index contributed by atoms with van der Waals surface area (Å²) < 4.78 is 27.1. The molecule has 0 unspecified atom stereocenters. The Balaban J connectivity index is 2.34. The van der Waals surface area contributed by atoms with Crippen molar-refractivity contribution >= 4 is 16.9 Å². The zero-order valence-electron chi connectivity index (χ0n) is 21.2. The molecule has 0 aromatic heterocycles. The van der Waals surface area contributed by atoms with E-state index in [0.717, 1.165) is 24.6 Å². The number of fused-ring (bicyclic) bond motifs is 1. The summed E-state index contributed by atoms with van der Waals surface area (Å²) in [7, 11) is -4.35. The molecule has 178 valence electrons. The van der Waals surface area contributed by atoms with Crippen molar-refractivity contribution in [2.24, 2.45) is 5.92 Å². The molecule has 7 heteroatoms. The zero-order chi connectivity index (χ0) is 23.0. The summed E-state index contributed by atoms with van der Waals surface area (Å²) in [6.07, 6.45) is 0.602. The maximum Gasteiger partial charge on any atom is 0.349 e. The Kier molecular flexibility index (Phi) is 8.49. The molecule has 0 radical (unpaired) electrons. The van der Waals surface area contributed by atoms with Crippen molar-refractivity contribution in [2.45, 2.75) is 128 Å². The molecule has 1 N–H and O–H groups in total. The van der Waals surface area contributed by atoms with E-state index in [0.29, 0.717) is 6.61 Å². The third-order valence-electron chi connectivity index (χ3n) is 7.50. The van der Waals surface area contributed by atoms with Gasteiger partial charge in [-0.2, -0.15) is 0 Å². The Bertz CT molecular complexity index is 531. The van der Waals surface area contributed by atoms with E-state index in [1.54, 1.807) is 0 Å². The van der Waals surface area contributed by atoms with E-state index in [1.807, 2.05) is 0 Å². The normalized spacial score (nSPS) is 31.3. The smallest absolute Gasteiger partial charge is 0.349 e. The standard InChI is InChI=1S/C23H48O5Si2/c1-11-29(12-2,13-3)27-19-14-18-20(26-21(19)17(4)15-24)16-25-30(28-18,22(5,6)7)23(8,9)10/h17-21,24H,11-16H2,1-10H3/t17-,18-,19+,20-,21+/m1/s1. The SMILES string of the molecule is CC[Si](CC)(CC)O[C@H]1C[C@H]2O[Si](C(C)(C)C)(C(C)(C)C)OC[C@H]2O[C@H]1[C@H](C)CO. The third kappa shape index (κ3) is 4.92. The lowest BCUT2D eigenvalue weighted by Gasteiger charge is -2.57. The second-order valence-corrected chi connectivity index (χ2v) is 21.0. The van der Waals surface area contributed by atoms with Crippen LogP contribution in [0.1, 0.15) is 75.7 Å². The van der Waals surface area contributed by atoms with E-state index in [4.69, 9.17) is 18.0 Å². The van der Waals surface area contributed by atoms with Crippen molar-refractivity contribution in [3.63, 3.8) is 0 Å². The number of hydrogen-bond acceptors (Lipinski definition) is 5. The van der Waals surface area contributed by atoms with E-state index >= 15 is 0 Å². The number of hydrogen-bond donors (Lipinski definition) is 1. The van der Waals surface area contributed by atoms with Gasteiger partial charge in [0.2, 0.25) is 0 Å². The van der Waals surface area contributed by atoms with Gasteiger partial charge in [-0.3, -0.25) is 0 Å². The molecule has 0 amide bonds. The molecule has 0 saturated carbocycles. The van der Waals surface area contributed by atoms with Gasteiger partial charge in [0.05, 0.1) is 24.9 Å². The largest absolute Gasteiger partial charge is 0.411 e. The molecular formula is C23H48O5Si2. The molecular weight excluding hydrogens is 412 g/mol. The summed E-state index contributed by atoms with van der Waals surface area (Å²) >= 11 is 0. The minimum Gasteiger partial charge on any atom is -0.411 e. The highest BCUT2D eigenvalue weighted by molar-refractivity contribution is 6.74. The topological polar surface area (TPSA) is 57.2 Å². The van der Waals surface area contributed by atoms with Crippen molar-refractivity contribution in [3.05, 3.63) is 0 Å². The van der Waals surface area contributed by atoms with Gasteiger partial charge in [0.1, 0.15) is 6.10 Å². The quantitative estimate of drug-likeness (QED) is 0.500. The van der Waals surface area contributed by atoms with Crippen LogP contribution in [0, 0.1) is 5.92 Å². The van der Waals surface area contributed by atoms with Crippen LogP contribution < -0.4 is 0 Å². The van der Waals surface area contributed by atoms with Crippen LogP contribution in [0.5, 0.6) is 0 Å². The van der Waals surface area contributed by atoms with Crippen LogP contribution in [0.3, 0.4) is 0 Å². The van der Waals surface area contributed by atoms with Crippen molar-refractivity contribution in [1.29, 1.82) is 0 Å². The van der Waals surface area contributed by atoms with E-state index in [9.17, 15) is 5.11 Å². The summed E-state index contributed by atoms with van der Waals surface area (Å²) in [5, 5.41) is 9.80. The molecule has 0 aliphatic carbocycles. The molecule has 5 nitrogen and oxygen atoms in total. The highest BCUT2D eigenvalue weighted by Crippen LogP contribution is 2.55. The van der Waals surface area contributed by atoms with Crippen LogP contribution in [0.4, 0.5) is 0 Å². The fourth-order valence-electron chi connectivity index (χ4n) is 5.56. The second kappa shape index (κ2) is 9.61. The summed E-state index contributed by atoms with van der Waals surface area (Å²) in [5.41, 5.74) is 0. The maximum atomic E-state index is 9.89. The van der Waals surface area contributed by atoms with Crippen molar-refractivity contribution in [3.8, 4) is 0 Å². The molecule has 0 aromatic rings. The van der Waals surface area contributed by atoms with Crippen molar-refractivity contribution in [2.75, 3.05) is 13.2 Å². The summed E-state index contributed by atoms with van der Waals surface area (Å²) in [4.78, 5) is 0. The predicted octanol–water partition coefficient (Wildman–Crippen LogP) is 5.62. The molecule has 0 spiro atoms. The molecule has 0 bridgehead atoms. The molecule has 2 aliphatic heterocycles. The molecule has 2 aliphatic rings. The highest BCUT2D eigenvalue weighted by Gasteiger charge is 2.63. The average molecular weight is 461 g/mol. The zero-order valence-corrected chi connectivity index (χ0v) is 23.2. The fraction of sp³-hybridized carbons (Fsp3) is 1.00. The molecule has 2 heterocycles. The Labute approximate surface area is 187 Å². The van der Waals surface area contributed by atoms with Crippen LogP contribution in [-0.4, -0.2) is 59.6 Å². The van der Waals surface area contributed by atoms with Crippen molar-refractivity contribution in [1.82, 2.24) is 0 Å². The fourth-order valence-corrected chi connectivity index (χ4v) is 13.4. The van der Waals surface area contributed by atoms with Crippen LogP contribution in [-0.2, 0) is 18.0 Å². The predicted molar refractivity (Wildman–Crippen MR) is 128 cm³/mol. The summed E-state index contributed by atoms with van der Waals surface area (Å²) in [6, 6.07) is 3.33.